The van der Waals surface area contributed by atoms with Crippen molar-refractivity contribution in [3.8, 4) is 5.69 Å². The minimum absolute atomic E-state index is 0.0198. The third kappa shape index (κ3) is 5.28. The third-order valence-electron chi connectivity index (χ3n) is 4.98. The van der Waals surface area contributed by atoms with Gasteiger partial charge in [0.25, 0.3) is 5.91 Å². The smallest absolute Gasteiger partial charge is 0.252 e. The Morgan fingerprint density at radius 2 is 2.03 bits per heavy atom. The summed E-state index contributed by atoms with van der Waals surface area (Å²) >= 11 is 1.71. The Morgan fingerprint density at radius 1 is 1.17 bits per heavy atom. The second-order valence-corrected chi connectivity index (χ2v) is 8.13. The number of rotatable bonds is 8. The lowest BCUT2D eigenvalue weighted by Crippen LogP contribution is -2.26. The average Bonchev–Trinajstić information content (AvgIpc) is 3.47. The van der Waals surface area contributed by atoms with Crippen molar-refractivity contribution < 1.29 is 9.53 Å². The van der Waals surface area contributed by atoms with Gasteiger partial charge in [-0.25, -0.2) is 4.68 Å². The summed E-state index contributed by atoms with van der Waals surface area (Å²) in [6.45, 7) is 1.46. The highest BCUT2D eigenvalue weighted by Crippen LogP contribution is 2.26. The molecular weight excluding hydrogens is 382 g/mol. The SMILES string of the molecule is O=C(NCCc1ccc(-n2cccn2)cc1)c1ccccc1SCC1CCCO1. The molecule has 150 valence electrons. The zero-order chi connectivity index (χ0) is 19.9. The summed E-state index contributed by atoms with van der Waals surface area (Å²) in [4.78, 5) is 13.7. The van der Waals surface area contributed by atoms with Crippen LogP contribution in [0, 0.1) is 0 Å². The fraction of sp³-hybridized carbons (Fsp3) is 0.304. The molecule has 0 bridgehead atoms. The summed E-state index contributed by atoms with van der Waals surface area (Å²) in [6, 6.07) is 18.0. The van der Waals surface area contributed by atoms with Gasteiger partial charge >= 0.3 is 0 Å². The number of nitrogens with zero attached hydrogens (tertiary/aromatic N) is 2. The van der Waals surface area contributed by atoms with E-state index in [2.05, 4.69) is 22.5 Å². The molecule has 0 spiro atoms. The van der Waals surface area contributed by atoms with Gasteiger partial charge in [0.1, 0.15) is 0 Å². The predicted octanol–water partition coefficient (Wildman–Crippen LogP) is 4.12. The molecule has 1 unspecified atom stereocenters. The number of carbonyl (C=O) groups is 1. The first-order valence-electron chi connectivity index (χ1n) is 10.0. The molecule has 1 fully saturated rings. The van der Waals surface area contributed by atoms with E-state index in [1.54, 1.807) is 18.0 Å². The van der Waals surface area contributed by atoms with Gasteiger partial charge < -0.3 is 10.1 Å². The van der Waals surface area contributed by atoms with E-state index in [1.807, 2.05) is 53.3 Å². The molecule has 2 heterocycles. The average molecular weight is 408 g/mol. The molecule has 1 aliphatic rings. The molecule has 1 aliphatic heterocycles. The Labute approximate surface area is 175 Å². The Hall–Kier alpha value is -2.57. The van der Waals surface area contributed by atoms with Crippen LogP contribution in [0.5, 0.6) is 0 Å². The summed E-state index contributed by atoms with van der Waals surface area (Å²) in [6.07, 6.45) is 7.03. The van der Waals surface area contributed by atoms with E-state index in [4.69, 9.17) is 4.74 Å². The highest BCUT2D eigenvalue weighted by Gasteiger charge is 2.17. The molecule has 6 heteroatoms. The van der Waals surface area contributed by atoms with E-state index in [1.165, 1.54) is 5.56 Å². The molecule has 4 rings (SSSR count). The van der Waals surface area contributed by atoms with Gasteiger partial charge in [0.05, 0.1) is 17.4 Å². The third-order valence-corrected chi connectivity index (χ3v) is 6.19. The van der Waals surface area contributed by atoms with Crippen molar-refractivity contribution in [2.45, 2.75) is 30.3 Å². The van der Waals surface area contributed by atoms with E-state index in [0.29, 0.717) is 12.6 Å². The standard InChI is InChI=1S/C23H25N3O2S/c27-23(21-6-1-2-7-22(21)29-17-20-5-3-16-28-20)24-14-12-18-8-10-19(11-9-18)26-15-4-13-25-26/h1-2,4,6-11,13,15,20H,3,5,12,14,16-17H2,(H,24,27). The van der Waals surface area contributed by atoms with Crippen molar-refractivity contribution in [1.82, 2.24) is 15.1 Å². The number of ether oxygens (including phenoxy) is 1. The largest absolute Gasteiger partial charge is 0.377 e. The Kier molecular flexibility index (Phi) is 6.64. The maximum absolute atomic E-state index is 12.7. The van der Waals surface area contributed by atoms with Crippen LogP contribution < -0.4 is 5.32 Å². The Balaban J connectivity index is 1.29. The van der Waals surface area contributed by atoms with Gasteiger partial charge in [0, 0.05) is 36.2 Å². The maximum atomic E-state index is 12.7. The summed E-state index contributed by atoms with van der Waals surface area (Å²) in [5, 5.41) is 7.29. The first kappa shape index (κ1) is 19.7. The molecule has 1 N–H and O–H groups in total. The summed E-state index contributed by atoms with van der Waals surface area (Å²) in [7, 11) is 0. The van der Waals surface area contributed by atoms with Crippen molar-refractivity contribution >= 4 is 17.7 Å². The molecule has 2 aromatic carbocycles. The lowest BCUT2D eigenvalue weighted by molar-refractivity contribution is 0.0951. The second-order valence-electron chi connectivity index (χ2n) is 7.07. The topological polar surface area (TPSA) is 56.2 Å². The molecule has 0 saturated carbocycles. The monoisotopic (exact) mass is 407 g/mol. The summed E-state index contributed by atoms with van der Waals surface area (Å²) in [5.74, 6) is 0.876. The van der Waals surface area contributed by atoms with Crippen LogP contribution in [0.3, 0.4) is 0 Å². The molecule has 1 atom stereocenters. The van der Waals surface area contributed by atoms with Gasteiger partial charge in [-0.3, -0.25) is 4.79 Å². The zero-order valence-corrected chi connectivity index (χ0v) is 17.1. The normalized spacial score (nSPS) is 16.1. The Bertz CT molecular complexity index is 920. The van der Waals surface area contributed by atoms with E-state index in [9.17, 15) is 4.79 Å². The van der Waals surface area contributed by atoms with Crippen LogP contribution in [0.2, 0.25) is 0 Å². The van der Waals surface area contributed by atoms with Crippen molar-refractivity contribution in [2.24, 2.45) is 0 Å². The number of hydrogen-bond acceptors (Lipinski definition) is 4. The van der Waals surface area contributed by atoms with Crippen LogP contribution in [0.25, 0.3) is 5.69 Å². The number of aromatic nitrogens is 2. The number of amides is 1. The number of hydrogen-bond donors (Lipinski definition) is 1. The van der Waals surface area contributed by atoms with Gasteiger partial charge in [-0.05, 0) is 55.2 Å². The van der Waals surface area contributed by atoms with E-state index >= 15 is 0 Å². The van der Waals surface area contributed by atoms with Crippen molar-refractivity contribution in [3.63, 3.8) is 0 Å². The first-order valence-corrected chi connectivity index (χ1v) is 11.0. The predicted molar refractivity (Wildman–Crippen MR) is 116 cm³/mol. The number of nitrogens with one attached hydrogen (secondary N) is 1. The lowest BCUT2D eigenvalue weighted by Gasteiger charge is -2.12. The summed E-state index contributed by atoms with van der Waals surface area (Å²) < 4.78 is 7.52. The van der Waals surface area contributed by atoms with Gasteiger partial charge in [-0.15, -0.1) is 11.8 Å². The fourth-order valence-electron chi connectivity index (χ4n) is 3.39. The lowest BCUT2D eigenvalue weighted by atomic mass is 10.1. The highest BCUT2D eigenvalue weighted by molar-refractivity contribution is 7.99. The minimum Gasteiger partial charge on any atom is -0.377 e. The molecule has 3 aromatic rings. The molecule has 29 heavy (non-hydrogen) atoms. The zero-order valence-electron chi connectivity index (χ0n) is 16.3. The van der Waals surface area contributed by atoms with Gasteiger partial charge in [0.2, 0.25) is 0 Å². The number of thioether (sulfide) groups is 1. The first-order chi connectivity index (χ1) is 14.3. The van der Waals surface area contributed by atoms with Gasteiger partial charge in [0.15, 0.2) is 0 Å². The van der Waals surface area contributed by atoms with Crippen LogP contribution in [0.1, 0.15) is 28.8 Å². The summed E-state index contributed by atoms with van der Waals surface area (Å²) in [5.41, 5.74) is 2.95. The van der Waals surface area contributed by atoms with Crippen LogP contribution in [-0.4, -0.2) is 40.7 Å². The fourth-order valence-corrected chi connectivity index (χ4v) is 4.51. The van der Waals surface area contributed by atoms with Crippen molar-refractivity contribution in [2.75, 3.05) is 18.9 Å². The van der Waals surface area contributed by atoms with Crippen LogP contribution >= 0.6 is 11.8 Å². The van der Waals surface area contributed by atoms with E-state index < -0.39 is 0 Å². The molecule has 0 radical (unpaired) electrons. The minimum atomic E-state index is -0.0198. The second kappa shape index (κ2) is 9.76. The molecule has 1 saturated heterocycles. The van der Waals surface area contributed by atoms with Crippen molar-refractivity contribution in [1.29, 1.82) is 0 Å². The molecule has 5 nitrogen and oxygen atoms in total. The Morgan fingerprint density at radius 3 is 2.79 bits per heavy atom. The van der Waals surface area contributed by atoms with Gasteiger partial charge in [-0.1, -0.05) is 24.3 Å². The van der Waals surface area contributed by atoms with Crippen LogP contribution in [0.15, 0.2) is 71.9 Å². The maximum Gasteiger partial charge on any atom is 0.252 e. The number of carbonyl (C=O) groups excluding carboxylic acids is 1. The van der Waals surface area contributed by atoms with E-state index in [-0.39, 0.29) is 5.91 Å². The number of benzene rings is 2. The molecule has 0 aliphatic carbocycles. The van der Waals surface area contributed by atoms with Crippen LogP contribution in [-0.2, 0) is 11.2 Å². The molecule has 1 aromatic heterocycles. The quantitative estimate of drug-likeness (QED) is 0.571. The van der Waals surface area contributed by atoms with Gasteiger partial charge in [-0.2, -0.15) is 5.10 Å². The molecular formula is C23H25N3O2S. The van der Waals surface area contributed by atoms with E-state index in [0.717, 1.165) is 47.8 Å². The van der Waals surface area contributed by atoms with Crippen LogP contribution in [0.4, 0.5) is 0 Å². The molecule has 1 amide bonds. The van der Waals surface area contributed by atoms with Crippen molar-refractivity contribution in [3.05, 3.63) is 78.1 Å². The highest BCUT2D eigenvalue weighted by atomic mass is 32.2.